The fourth-order valence-corrected chi connectivity index (χ4v) is 2.24. The maximum absolute atomic E-state index is 12.4. The Morgan fingerprint density at radius 1 is 1.12 bits per heavy atom. The van der Waals surface area contributed by atoms with Gasteiger partial charge >= 0.3 is 6.36 Å². The van der Waals surface area contributed by atoms with E-state index in [2.05, 4.69) is 25.3 Å². The third-order valence-electron chi connectivity index (χ3n) is 3.34. The average Bonchev–Trinajstić information content (AvgIpc) is 3.12. The monoisotopic (exact) mass is 364 g/mol. The Morgan fingerprint density at radius 3 is 2.65 bits per heavy atom. The molecule has 0 fully saturated rings. The number of halogens is 3. The Hall–Kier alpha value is -3.23. The molecule has 0 amide bonds. The molecule has 0 radical (unpaired) electrons. The third kappa shape index (κ3) is 4.65. The molecule has 0 aliphatic heterocycles. The van der Waals surface area contributed by atoms with Gasteiger partial charge in [0.15, 0.2) is 0 Å². The number of furan rings is 1. The maximum atomic E-state index is 12.4. The van der Waals surface area contributed by atoms with Crippen LogP contribution >= 0.6 is 0 Å². The van der Waals surface area contributed by atoms with Crippen LogP contribution in [0.5, 0.6) is 5.75 Å². The number of alkyl halides is 3. The molecule has 9 heteroatoms. The molecule has 2 aromatic heterocycles. The highest BCUT2D eigenvalue weighted by molar-refractivity contribution is 5.65. The van der Waals surface area contributed by atoms with Crippen LogP contribution in [0.3, 0.4) is 0 Å². The molecule has 26 heavy (non-hydrogen) atoms. The number of anilines is 2. The maximum Gasteiger partial charge on any atom is 0.573 e. The summed E-state index contributed by atoms with van der Waals surface area (Å²) in [6, 6.07) is 10.8. The van der Waals surface area contributed by atoms with E-state index in [4.69, 9.17) is 4.42 Å². The molecule has 0 aliphatic carbocycles. The minimum atomic E-state index is -4.75. The van der Waals surface area contributed by atoms with E-state index in [-0.39, 0.29) is 5.75 Å². The van der Waals surface area contributed by atoms with Gasteiger partial charge < -0.3 is 19.8 Å². The van der Waals surface area contributed by atoms with Crippen molar-refractivity contribution in [2.45, 2.75) is 12.9 Å². The molecular weight excluding hydrogens is 349 g/mol. The van der Waals surface area contributed by atoms with E-state index < -0.39 is 6.36 Å². The molecule has 0 atom stereocenters. The lowest BCUT2D eigenvalue weighted by atomic mass is 10.1. The third-order valence-corrected chi connectivity index (χ3v) is 3.34. The SMILES string of the molecule is CNc1nc(NCc2ccco2)cc(-c2cccc(OC(F)(F)F)c2)n1. The van der Waals surface area contributed by atoms with Crippen molar-refractivity contribution in [2.24, 2.45) is 0 Å². The number of hydrogen-bond acceptors (Lipinski definition) is 6. The van der Waals surface area contributed by atoms with Gasteiger partial charge in [0.2, 0.25) is 5.95 Å². The van der Waals surface area contributed by atoms with Gasteiger partial charge in [-0.3, -0.25) is 0 Å². The van der Waals surface area contributed by atoms with Crippen molar-refractivity contribution in [3.8, 4) is 17.0 Å². The first-order valence-corrected chi connectivity index (χ1v) is 7.62. The van der Waals surface area contributed by atoms with Crippen LogP contribution in [0.2, 0.25) is 0 Å². The zero-order valence-corrected chi connectivity index (χ0v) is 13.7. The highest BCUT2D eigenvalue weighted by Gasteiger charge is 2.31. The van der Waals surface area contributed by atoms with E-state index in [0.717, 1.165) is 5.76 Å². The zero-order chi connectivity index (χ0) is 18.6. The van der Waals surface area contributed by atoms with E-state index in [1.165, 1.54) is 18.2 Å². The topological polar surface area (TPSA) is 72.2 Å². The smallest absolute Gasteiger partial charge is 0.467 e. The number of benzene rings is 1. The Kier molecular flexibility index (Phi) is 4.97. The second-order valence-electron chi connectivity index (χ2n) is 5.22. The molecular formula is C17H15F3N4O2. The number of rotatable bonds is 6. The van der Waals surface area contributed by atoms with Crippen molar-refractivity contribution in [2.75, 3.05) is 17.7 Å². The first-order valence-electron chi connectivity index (χ1n) is 7.62. The summed E-state index contributed by atoms with van der Waals surface area (Å²) in [5.41, 5.74) is 0.908. The van der Waals surface area contributed by atoms with E-state index in [9.17, 15) is 13.2 Å². The average molecular weight is 364 g/mol. The molecule has 0 saturated heterocycles. The van der Waals surface area contributed by atoms with Crippen LogP contribution in [0.1, 0.15) is 5.76 Å². The Morgan fingerprint density at radius 2 is 1.96 bits per heavy atom. The molecule has 6 nitrogen and oxygen atoms in total. The predicted molar refractivity (Wildman–Crippen MR) is 89.7 cm³/mol. The van der Waals surface area contributed by atoms with Crippen LogP contribution in [-0.4, -0.2) is 23.4 Å². The zero-order valence-electron chi connectivity index (χ0n) is 13.7. The van der Waals surface area contributed by atoms with Crippen molar-refractivity contribution in [1.82, 2.24) is 9.97 Å². The summed E-state index contributed by atoms with van der Waals surface area (Å²) in [6.07, 6.45) is -3.19. The largest absolute Gasteiger partial charge is 0.573 e. The minimum absolute atomic E-state index is 0.315. The quantitative estimate of drug-likeness (QED) is 0.680. The summed E-state index contributed by atoms with van der Waals surface area (Å²) in [5.74, 6) is 1.23. The number of nitrogens with one attached hydrogen (secondary N) is 2. The lowest BCUT2D eigenvalue weighted by Gasteiger charge is -2.11. The van der Waals surface area contributed by atoms with E-state index in [1.54, 1.807) is 31.5 Å². The highest BCUT2D eigenvalue weighted by Crippen LogP contribution is 2.28. The van der Waals surface area contributed by atoms with E-state index >= 15 is 0 Å². The van der Waals surface area contributed by atoms with Gasteiger partial charge in [0, 0.05) is 18.7 Å². The van der Waals surface area contributed by atoms with E-state index in [1.807, 2.05) is 6.07 Å². The van der Waals surface area contributed by atoms with E-state index in [0.29, 0.717) is 29.6 Å². The van der Waals surface area contributed by atoms with Crippen molar-refractivity contribution in [1.29, 1.82) is 0 Å². The van der Waals surface area contributed by atoms with Gasteiger partial charge in [-0.2, -0.15) is 4.98 Å². The van der Waals surface area contributed by atoms with Crippen molar-refractivity contribution < 1.29 is 22.3 Å². The molecule has 3 aromatic rings. The Balaban J connectivity index is 1.86. The number of hydrogen-bond donors (Lipinski definition) is 2. The molecule has 2 N–H and O–H groups in total. The predicted octanol–water partition coefficient (Wildman–Crippen LogP) is 4.29. The van der Waals surface area contributed by atoms with Gasteiger partial charge in [0.25, 0.3) is 0 Å². The Bertz CT molecular complexity index is 867. The molecule has 1 aromatic carbocycles. The van der Waals surface area contributed by atoms with Crippen LogP contribution in [0.25, 0.3) is 11.3 Å². The number of nitrogens with zero attached hydrogens (tertiary/aromatic N) is 2. The van der Waals surface area contributed by atoms with Gasteiger partial charge in [-0.25, -0.2) is 4.98 Å². The fourth-order valence-electron chi connectivity index (χ4n) is 2.24. The first kappa shape index (κ1) is 17.6. The molecule has 0 aliphatic rings. The van der Waals surface area contributed by atoms with Crippen molar-refractivity contribution in [3.63, 3.8) is 0 Å². The molecule has 3 rings (SSSR count). The summed E-state index contributed by atoms with van der Waals surface area (Å²) in [5, 5.41) is 5.92. The van der Waals surface area contributed by atoms with Crippen LogP contribution in [0.4, 0.5) is 24.9 Å². The van der Waals surface area contributed by atoms with Crippen LogP contribution in [-0.2, 0) is 6.54 Å². The summed E-state index contributed by atoms with van der Waals surface area (Å²) in [4.78, 5) is 8.55. The van der Waals surface area contributed by atoms with Crippen LogP contribution in [0, 0.1) is 0 Å². The van der Waals surface area contributed by atoms with Gasteiger partial charge in [-0.1, -0.05) is 12.1 Å². The van der Waals surface area contributed by atoms with Crippen molar-refractivity contribution in [3.05, 3.63) is 54.5 Å². The lowest BCUT2D eigenvalue weighted by Crippen LogP contribution is -2.17. The fraction of sp³-hybridized carbons (Fsp3) is 0.176. The summed E-state index contributed by atoms with van der Waals surface area (Å²) < 4.78 is 46.5. The van der Waals surface area contributed by atoms with Crippen LogP contribution < -0.4 is 15.4 Å². The first-order chi connectivity index (χ1) is 12.4. The van der Waals surface area contributed by atoms with Gasteiger partial charge in [0.05, 0.1) is 18.5 Å². The number of ether oxygens (including phenoxy) is 1. The molecule has 0 spiro atoms. The standard InChI is InChI=1S/C17H15F3N4O2/c1-21-16-23-14(9-15(24-16)22-10-13-6-3-7-25-13)11-4-2-5-12(8-11)26-17(18,19)20/h2-9H,10H2,1H3,(H2,21,22,23,24). The lowest BCUT2D eigenvalue weighted by molar-refractivity contribution is -0.274. The summed E-state index contributed by atoms with van der Waals surface area (Å²) >= 11 is 0. The normalized spacial score (nSPS) is 11.2. The molecule has 0 saturated carbocycles. The molecule has 136 valence electrons. The summed E-state index contributed by atoms with van der Waals surface area (Å²) in [7, 11) is 1.65. The van der Waals surface area contributed by atoms with Gasteiger partial charge in [0.1, 0.15) is 17.3 Å². The van der Waals surface area contributed by atoms with Crippen LogP contribution in [0.15, 0.2) is 53.1 Å². The highest BCUT2D eigenvalue weighted by atomic mass is 19.4. The van der Waals surface area contributed by atoms with Crippen molar-refractivity contribution >= 4 is 11.8 Å². The molecule has 0 unspecified atom stereocenters. The molecule has 0 bridgehead atoms. The van der Waals surface area contributed by atoms with Gasteiger partial charge in [-0.15, -0.1) is 13.2 Å². The Labute approximate surface area is 147 Å². The second-order valence-corrected chi connectivity index (χ2v) is 5.22. The second kappa shape index (κ2) is 7.34. The molecule has 2 heterocycles. The number of aromatic nitrogens is 2. The summed E-state index contributed by atoms with van der Waals surface area (Å²) in [6.45, 7) is 0.407. The van der Waals surface area contributed by atoms with Gasteiger partial charge in [-0.05, 0) is 24.3 Å². The minimum Gasteiger partial charge on any atom is -0.467 e.